The molecule has 136 valence electrons. The van der Waals surface area contributed by atoms with Gasteiger partial charge >= 0.3 is 0 Å². The number of guanidine groups is 1. The summed E-state index contributed by atoms with van der Waals surface area (Å²) in [7, 11) is 3.90. The molecule has 0 aliphatic carbocycles. The van der Waals surface area contributed by atoms with E-state index in [-0.39, 0.29) is 0 Å². The highest BCUT2D eigenvalue weighted by atomic mass is 16.5. The van der Waals surface area contributed by atoms with Crippen molar-refractivity contribution in [3.05, 3.63) is 17.0 Å². The van der Waals surface area contributed by atoms with E-state index in [0.717, 1.165) is 51.6 Å². The molecule has 1 N–H and O–H groups in total. The third-order valence-corrected chi connectivity index (χ3v) is 4.81. The third-order valence-electron chi connectivity index (χ3n) is 4.81. The van der Waals surface area contributed by atoms with Crippen molar-refractivity contribution >= 4 is 5.96 Å². The molecule has 0 saturated carbocycles. The second kappa shape index (κ2) is 9.06. The summed E-state index contributed by atoms with van der Waals surface area (Å²) in [4.78, 5) is 6.83. The Morgan fingerprint density at radius 1 is 1.33 bits per heavy atom. The van der Waals surface area contributed by atoms with Crippen molar-refractivity contribution in [2.45, 2.75) is 46.6 Å². The van der Waals surface area contributed by atoms with Gasteiger partial charge in [-0.2, -0.15) is 5.10 Å². The second-order valence-electron chi connectivity index (χ2n) is 6.36. The minimum absolute atomic E-state index is 0.610. The van der Waals surface area contributed by atoms with Gasteiger partial charge < -0.3 is 15.0 Å². The summed E-state index contributed by atoms with van der Waals surface area (Å²) in [5.41, 5.74) is 3.83. The highest BCUT2D eigenvalue weighted by Crippen LogP contribution is 2.18. The summed E-state index contributed by atoms with van der Waals surface area (Å²) in [6.07, 6.45) is 3.14. The van der Waals surface area contributed by atoms with E-state index < -0.39 is 0 Å². The van der Waals surface area contributed by atoms with Gasteiger partial charge in [-0.15, -0.1) is 0 Å². The quantitative estimate of drug-likeness (QED) is 0.611. The van der Waals surface area contributed by atoms with Gasteiger partial charge in [0.05, 0.1) is 12.3 Å². The summed E-state index contributed by atoms with van der Waals surface area (Å²) < 4.78 is 7.59. The smallest absolute Gasteiger partial charge is 0.193 e. The number of nitrogens with one attached hydrogen (secondary N) is 1. The lowest BCUT2D eigenvalue weighted by atomic mass is 10.1. The van der Waals surface area contributed by atoms with E-state index in [1.54, 1.807) is 0 Å². The maximum absolute atomic E-state index is 5.57. The van der Waals surface area contributed by atoms with Crippen LogP contribution in [0.3, 0.4) is 0 Å². The highest BCUT2D eigenvalue weighted by Gasteiger charge is 2.25. The predicted molar refractivity (Wildman–Crippen MR) is 98.3 cm³/mol. The van der Waals surface area contributed by atoms with Crippen molar-refractivity contribution in [1.82, 2.24) is 20.0 Å². The van der Waals surface area contributed by atoms with Crippen molar-refractivity contribution in [3.63, 3.8) is 0 Å². The van der Waals surface area contributed by atoms with Gasteiger partial charge in [0.15, 0.2) is 5.96 Å². The maximum atomic E-state index is 5.57. The van der Waals surface area contributed by atoms with E-state index in [0.29, 0.717) is 5.92 Å². The van der Waals surface area contributed by atoms with E-state index in [1.807, 2.05) is 18.8 Å². The number of aliphatic imine (C=N–C) groups is 1. The van der Waals surface area contributed by atoms with Crippen molar-refractivity contribution in [3.8, 4) is 0 Å². The Balaban J connectivity index is 1.98. The van der Waals surface area contributed by atoms with Crippen LogP contribution in [0, 0.1) is 5.92 Å². The molecule has 2 rings (SSSR count). The van der Waals surface area contributed by atoms with Gasteiger partial charge in [0.2, 0.25) is 0 Å². The van der Waals surface area contributed by atoms with E-state index in [2.05, 4.69) is 41.1 Å². The number of rotatable bonds is 7. The number of hydrogen-bond acceptors (Lipinski definition) is 3. The summed E-state index contributed by atoms with van der Waals surface area (Å²) in [6.45, 7) is 10.9. The van der Waals surface area contributed by atoms with Crippen molar-refractivity contribution in [2.75, 3.05) is 33.4 Å². The second-order valence-corrected chi connectivity index (χ2v) is 6.36. The lowest BCUT2D eigenvalue weighted by molar-refractivity contribution is 0.114. The maximum Gasteiger partial charge on any atom is 0.193 e. The van der Waals surface area contributed by atoms with Gasteiger partial charge in [0.25, 0.3) is 0 Å². The Kier molecular flexibility index (Phi) is 7.09. The Morgan fingerprint density at radius 2 is 2.12 bits per heavy atom. The third kappa shape index (κ3) is 4.29. The summed E-state index contributed by atoms with van der Waals surface area (Å²) in [5, 5.41) is 8.20. The van der Waals surface area contributed by atoms with Crippen LogP contribution >= 0.6 is 0 Å². The van der Waals surface area contributed by atoms with Gasteiger partial charge in [-0.05, 0) is 26.2 Å². The highest BCUT2D eigenvalue weighted by molar-refractivity contribution is 5.80. The molecule has 1 aliphatic rings. The largest absolute Gasteiger partial charge is 0.381 e. The molecule has 1 fully saturated rings. The van der Waals surface area contributed by atoms with Crippen LogP contribution in [0.1, 0.15) is 44.1 Å². The topological polar surface area (TPSA) is 54.7 Å². The van der Waals surface area contributed by atoms with Crippen LogP contribution in [-0.4, -0.2) is 54.0 Å². The molecule has 1 saturated heterocycles. The average Bonchev–Trinajstić information content (AvgIpc) is 3.17. The van der Waals surface area contributed by atoms with Gasteiger partial charge in [-0.3, -0.25) is 9.67 Å². The van der Waals surface area contributed by atoms with Crippen LogP contribution in [-0.2, 0) is 31.2 Å². The number of aromatic nitrogens is 2. The monoisotopic (exact) mass is 335 g/mol. The van der Waals surface area contributed by atoms with Crippen molar-refractivity contribution < 1.29 is 4.74 Å². The average molecular weight is 335 g/mol. The number of aryl methyl sites for hydroxylation is 2. The first kappa shape index (κ1) is 18.8. The molecule has 6 heteroatoms. The molecule has 1 aliphatic heterocycles. The minimum atomic E-state index is 0.610. The zero-order chi connectivity index (χ0) is 17.5. The molecule has 2 heterocycles. The van der Waals surface area contributed by atoms with Gasteiger partial charge in [0.1, 0.15) is 0 Å². The molecule has 0 aromatic carbocycles. The Hall–Kier alpha value is -1.56. The number of nitrogens with zero attached hydrogens (tertiary/aromatic N) is 4. The molecular weight excluding hydrogens is 302 g/mol. The van der Waals surface area contributed by atoms with E-state index in [4.69, 9.17) is 4.74 Å². The van der Waals surface area contributed by atoms with E-state index >= 15 is 0 Å². The Labute approximate surface area is 146 Å². The Morgan fingerprint density at radius 3 is 2.75 bits per heavy atom. The first-order valence-electron chi connectivity index (χ1n) is 9.21. The molecule has 24 heavy (non-hydrogen) atoms. The fourth-order valence-electron chi connectivity index (χ4n) is 3.54. The molecule has 1 unspecified atom stereocenters. The van der Waals surface area contributed by atoms with Crippen LogP contribution in [0.15, 0.2) is 4.99 Å². The number of ether oxygens (including phenoxy) is 1. The van der Waals surface area contributed by atoms with Crippen LogP contribution in [0.2, 0.25) is 0 Å². The van der Waals surface area contributed by atoms with Crippen LogP contribution in [0.25, 0.3) is 0 Å². The first-order valence-corrected chi connectivity index (χ1v) is 9.21. The molecule has 1 atom stereocenters. The molecule has 0 amide bonds. The predicted octanol–water partition coefficient (Wildman–Crippen LogP) is 1.98. The van der Waals surface area contributed by atoms with Crippen molar-refractivity contribution in [1.29, 1.82) is 0 Å². The van der Waals surface area contributed by atoms with Gasteiger partial charge in [-0.1, -0.05) is 13.8 Å². The summed E-state index contributed by atoms with van der Waals surface area (Å²) in [6, 6.07) is 0. The molecule has 0 radical (unpaired) electrons. The molecule has 6 nitrogen and oxygen atoms in total. The zero-order valence-corrected chi connectivity index (χ0v) is 15.9. The van der Waals surface area contributed by atoms with E-state index in [1.165, 1.54) is 23.4 Å². The fourth-order valence-corrected chi connectivity index (χ4v) is 3.54. The molecular formula is C18H33N5O. The molecule has 1 aromatic heterocycles. The number of hydrogen-bond donors (Lipinski definition) is 1. The normalized spacial score (nSPS) is 18.5. The van der Waals surface area contributed by atoms with Crippen LogP contribution < -0.4 is 5.32 Å². The first-order chi connectivity index (χ1) is 11.6. The van der Waals surface area contributed by atoms with Crippen LogP contribution in [0.4, 0.5) is 0 Å². The zero-order valence-electron chi connectivity index (χ0n) is 15.9. The van der Waals surface area contributed by atoms with Crippen molar-refractivity contribution in [2.24, 2.45) is 18.0 Å². The summed E-state index contributed by atoms with van der Waals surface area (Å²) in [5.74, 6) is 1.60. The SMILES string of the molecule is CCOCC1CCN(C(=NC)NCc2c(CC)nn(C)c2CC)C1. The lowest BCUT2D eigenvalue weighted by Gasteiger charge is -2.22. The molecule has 0 bridgehead atoms. The Bertz CT molecular complexity index is 552. The fraction of sp³-hybridized carbons (Fsp3) is 0.778. The molecule has 0 spiro atoms. The van der Waals surface area contributed by atoms with Gasteiger partial charge in [0, 0.05) is 57.5 Å². The van der Waals surface area contributed by atoms with E-state index in [9.17, 15) is 0 Å². The standard InChI is InChI=1S/C18H33N5O/c1-6-16-15(17(7-2)22(5)21-16)11-20-18(19-4)23-10-9-14(12-23)13-24-8-3/h14H,6-13H2,1-5H3,(H,19,20). The van der Waals surface area contributed by atoms with Gasteiger partial charge in [-0.25, -0.2) is 0 Å². The summed E-state index contributed by atoms with van der Waals surface area (Å²) >= 11 is 0. The van der Waals surface area contributed by atoms with Crippen LogP contribution in [0.5, 0.6) is 0 Å². The number of likely N-dealkylation sites (tertiary alicyclic amines) is 1. The molecule has 1 aromatic rings. The lowest BCUT2D eigenvalue weighted by Crippen LogP contribution is -2.40. The minimum Gasteiger partial charge on any atom is -0.381 e.